The molecule has 0 atom stereocenters. The molecule has 7 heteroatoms. The van der Waals surface area contributed by atoms with Crippen molar-refractivity contribution < 1.29 is 16.8 Å². The van der Waals surface area contributed by atoms with Crippen LogP contribution in [0.25, 0.3) is 11.1 Å². The van der Waals surface area contributed by atoms with Gasteiger partial charge < -0.3 is 0 Å². The molecule has 0 fully saturated rings. The fourth-order valence-corrected chi connectivity index (χ4v) is 6.53. The van der Waals surface area contributed by atoms with Crippen molar-refractivity contribution in [3.05, 3.63) is 47.5 Å². The molecule has 0 spiro atoms. The van der Waals surface area contributed by atoms with E-state index in [0.29, 0.717) is 16.7 Å². The number of hydrogen-bond donors (Lipinski definition) is 1. The Balaban J connectivity index is 2.51. The van der Waals surface area contributed by atoms with Crippen LogP contribution >= 0.6 is 0 Å². The highest BCUT2D eigenvalue weighted by atomic mass is 32.3. The van der Waals surface area contributed by atoms with Crippen molar-refractivity contribution in [3.8, 4) is 11.1 Å². The highest BCUT2D eigenvalue weighted by molar-refractivity contribution is 8.07. The van der Waals surface area contributed by atoms with E-state index in [4.69, 9.17) is 0 Å². The Morgan fingerprint density at radius 1 is 0.810 bits per heavy atom. The van der Waals surface area contributed by atoms with Crippen LogP contribution in [0.2, 0.25) is 0 Å². The second kappa shape index (κ2) is 4.40. The summed E-state index contributed by atoms with van der Waals surface area (Å²) in [6.07, 6.45) is 0. The summed E-state index contributed by atoms with van der Waals surface area (Å²) in [5.41, 5.74) is 2.76. The van der Waals surface area contributed by atoms with Gasteiger partial charge in [0, 0.05) is 5.56 Å². The maximum atomic E-state index is 12.2. The number of nitrogens with one attached hydrogen (secondary N) is 1. The van der Waals surface area contributed by atoms with Gasteiger partial charge in [-0.1, -0.05) is 30.3 Å². The molecule has 21 heavy (non-hydrogen) atoms. The number of hydrogen-bond acceptors (Lipinski definition) is 4. The van der Waals surface area contributed by atoms with Gasteiger partial charge in [-0.2, -0.15) is 0 Å². The van der Waals surface area contributed by atoms with Gasteiger partial charge in [-0.25, -0.2) is 16.8 Å². The fourth-order valence-electron chi connectivity index (χ4n) is 2.56. The third-order valence-electron chi connectivity index (χ3n) is 3.52. The quantitative estimate of drug-likeness (QED) is 0.870. The molecule has 1 aliphatic rings. The number of benzene rings is 2. The first kappa shape index (κ1) is 14.2. The zero-order valence-corrected chi connectivity index (χ0v) is 13.0. The summed E-state index contributed by atoms with van der Waals surface area (Å²) in [5, 5.41) is 0. The van der Waals surface area contributed by atoms with Crippen molar-refractivity contribution >= 4 is 20.0 Å². The van der Waals surface area contributed by atoms with E-state index in [-0.39, 0.29) is 9.79 Å². The van der Waals surface area contributed by atoms with E-state index >= 15 is 0 Å². The Morgan fingerprint density at radius 3 is 2.14 bits per heavy atom. The molecule has 5 nitrogen and oxygen atoms in total. The summed E-state index contributed by atoms with van der Waals surface area (Å²) >= 11 is 0. The van der Waals surface area contributed by atoms with Gasteiger partial charge in [-0.3, -0.25) is 0 Å². The predicted octanol–water partition coefficient (Wildman–Crippen LogP) is 1.95. The van der Waals surface area contributed by atoms with Crippen LogP contribution in [0.3, 0.4) is 0 Å². The summed E-state index contributed by atoms with van der Waals surface area (Å²) in [4.78, 5) is -0.344. The molecule has 0 aromatic heterocycles. The molecule has 1 heterocycles. The molecule has 110 valence electrons. The van der Waals surface area contributed by atoms with Gasteiger partial charge in [-0.05, 0) is 36.6 Å². The Bertz CT molecular complexity index is 960. The molecule has 0 radical (unpaired) electrons. The SMILES string of the molecule is Cc1ccccc1-c1c(C)ccc2c1S(=O)(=O)NS2(=O)=O. The molecule has 0 saturated heterocycles. The summed E-state index contributed by atoms with van der Waals surface area (Å²) in [6, 6.07) is 10.3. The number of aryl methyl sites for hydroxylation is 2. The van der Waals surface area contributed by atoms with Crippen LogP contribution < -0.4 is 4.13 Å². The van der Waals surface area contributed by atoms with Crippen molar-refractivity contribution in [2.45, 2.75) is 23.6 Å². The Kier molecular flexibility index (Phi) is 2.98. The molecule has 2 aromatic carbocycles. The highest BCUT2D eigenvalue weighted by Crippen LogP contribution is 2.40. The van der Waals surface area contributed by atoms with Gasteiger partial charge in [0.05, 0.1) is 0 Å². The minimum absolute atomic E-state index is 0.156. The lowest BCUT2D eigenvalue weighted by molar-refractivity contribution is 0.586. The van der Waals surface area contributed by atoms with Crippen LogP contribution in [0, 0.1) is 13.8 Å². The van der Waals surface area contributed by atoms with Gasteiger partial charge in [-0.15, -0.1) is 4.13 Å². The number of rotatable bonds is 1. The molecular formula is C14H13NO4S2. The highest BCUT2D eigenvalue weighted by Gasteiger charge is 2.40. The minimum atomic E-state index is -4.07. The zero-order chi connectivity index (χ0) is 15.4. The minimum Gasteiger partial charge on any atom is -0.206 e. The van der Waals surface area contributed by atoms with E-state index in [9.17, 15) is 16.8 Å². The van der Waals surface area contributed by atoms with Crippen LogP contribution in [-0.4, -0.2) is 16.8 Å². The van der Waals surface area contributed by atoms with Gasteiger partial charge in [0.25, 0.3) is 20.0 Å². The van der Waals surface area contributed by atoms with E-state index in [1.807, 2.05) is 19.1 Å². The Labute approximate surface area is 123 Å². The second-order valence-corrected chi connectivity index (χ2v) is 8.52. The molecule has 3 rings (SSSR count). The topological polar surface area (TPSA) is 80.3 Å². The molecule has 0 saturated carbocycles. The summed E-state index contributed by atoms with van der Waals surface area (Å²) in [5.74, 6) is 0. The summed E-state index contributed by atoms with van der Waals surface area (Å²) in [6.45, 7) is 3.63. The van der Waals surface area contributed by atoms with Gasteiger partial charge in [0.1, 0.15) is 9.79 Å². The molecular weight excluding hydrogens is 310 g/mol. The van der Waals surface area contributed by atoms with E-state index in [2.05, 4.69) is 0 Å². The fraction of sp³-hybridized carbons (Fsp3) is 0.143. The van der Waals surface area contributed by atoms with Crippen LogP contribution in [-0.2, 0) is 20.0 Å². The largest absolute Gasteiger partial charge is 0.255 e. The number of fused-ring (bicyclic) bond motifs is 1. The maximum Gasteiger partial charge on any atom is 0.255 e. The molecule has 2 aromatic rings. The lowest BCUT2D eigenvalue weighted by atomic mass is 9.97. The Hall–Kier alpha value is -1.70. The third-order valence-corrected chi connectivity index (χ3v) is 7.29. The van der Waals surface area contributed by atoms with E-state index in [1.165, 1.54) is 6.07 Å². The standard InChI is InChI=1S/C14H13NO4S2/c1-9-5-3-4-6-11(9)13-10(2)7-8-12-14(13)21(18,19)15-20(12,16)17/h3-8,15H,1-2H3. The monoisotopic (exact) mass is 323 g/mol. The zero-order valence-electron chi connectivity index (χ0n) is 11.4. The van der Waals surface area contributed by atoms with Crippen molar-refractivity contribution in [1.29, 1.82) is 0 Å². The Morgan fingerprint density at radius 2 is 1.48 bits per heavy atom. The van der Waals surface area contributed by atoms with Crippen molar-refractivity contribution in [2.24, 2.45) is 0 Å². The first-order chi connectivity index (χ1) is 9.74. The molecule has 0 unspecified atom stereocenters. The van der Waals surface area contributed by atoms with Crippen LogP contribution in [0.1, 0.15) is 11.1 Å². The first-order valence-electron chi connectivity index (χ1n) is 6.22. The molecule has 0 aliphatic carbocycles. The lowest BCUT2D eigenvalue weighted by Gasteiger charge is -2.12. The van der Waals surface area contributed by atoms with Crippen LogP contribution in [0.5, 0.6) is 0 Å². The molecule has 0 amide bonds. The maximum absolute atomic E-state index is 12.2. The lowest BCUT2D eigenvalue weighted by Crippen LogP contribution is -2.21. The van der Waals surface area contributed by atoms with Gasteiger partial charge >= 0.3 is 0 Å². The first-order valence-corrected chi connectivity index (χ1v) is 9.19. The van der Waals surface area contributed by atoms with Crippen molar-refractivity contribution in [2.75, 3.05) is 0 Å². The van der Waals surface area contributed by atoms with Gasteiger partial charge in [0.15, 0.2) is 0 Å². The van der Waals surface area contributed by atoms with E-state index in [0.717, 1.165) is 5.56 Å². The van der Waals surface area contributed by atoms with E-state index in [1.54, 1.807) is 29.3 Å². The summed E-state index contributed by atoms with van der Waals surface area (Å²) < 4.78 is 50.1. The average molecular weight is 323 g/mol. The van der Waals surface area contributed by atoms with E-state index < -0.39 is 20.0 Å². The van der Waals surface area contributed by atoms with Crippen molar-refractivity contribution in [3.63, 3.8) is 0 Å². The van der Waals surface area contributed by atoms with Crippen LogP contribution in [0.4, 0.5) is 0 Å². The number of sulfonamides is 2. The van der Waals surface area contributed by atoms with Crippen LogP contribution in [0.15, 0.2) is 46.2 Å². The molecule has 1 aliphatic heterocycles. The van der Waals surface area contributed by atoms with Crippen molar-refractivity contribution in [1.82, 2.24) is 4.13 Å². The third kappa shape index (κ3) is 2.08. The summed E-state index contributed by atoms with van der Waals surface area (Å²) in [7, 11) is -8.08. The average Bonchev–Trinajstić information content (AvgIpc) is 2.56. The predicted molar refractivity (Wildman–Crippen MR) is 78.9 cm³/mol. The van der Waals surface area contributed by atoms with Gasteiger partial charge in [0.2, 0.25) is 0 Å². The second-order valence-electron chi connectivity index (χ2n) is 4.99. The molecule has 0 bridgehead atoms. The molecule has 1 N–H and O–H groups in total. The normalized spacial score (nSPS) is 18.4. The smallest absolute Gasteiger partial charge is 0.206 e.